The standard InChI is InChI=1S/C35H63NO12/c1-12-23(37)35(10,41)30-18(4)26-16(2)14-34(9,48-26)29(47-32-25(38)22(36)13-17(3)43-32)19(5)27(20(6)31(40)46-30)45-24-15-33(8,42-11)28(39)21(7)44-24/h16-30,32,37-39,41H,12-15,36H2,1-11H3/t16?,17-,18+,19+,20-,21+,22+,23-,24+,25-,26?,27+,28+,29-,30-,32+,33-,34-,35-/m1/s1. The summed E-state index contributed by atoms with van der Waals surface area (Å²) >= 11 is 0. The summed E-state index contributed by atoms with van der Waals surface area (Å²) in [4.78, 5) is 14.2. The Morgan fingerprint density at radius 3 is 2.29 bits per heavy atom. The first-order valence-corrected chi connectivity index (χ1v) is 17.8. The van der Waals surface area contributed by atoms with Gasteiger partial charge in [0.1, 0.15) is 23.9 Å². The van der Waals surface area contributed by atoms with E-state index in [1.165, 1.54) is 14.0 Å². The quantitative estimate of drug-likeness (QED) is 0.233. The van der Waals surface area contributed by atoms with Gasteiger partial charge in [-0.3, -0.25) is 4.79 Å². The number of aliphatic hydroxyl groups excluding tert-OH is 3. The molecule has 0 aliphatic carbocycles. The molecule has 4 aliphatic heterocycles. The molecular formula is C35H63NO12. The first-order chi connectivity index (χ1) is 22.2. The van der Waals surface area contributed by atoms with Gasteiger partial charge in [0.25, 0.3) is 0 Å². The maximum atomic E-state index is 14.2. The number of fused-ring (bicyclic) bond motifs is 2. The molecule has 0 aromatic heterocycles. The number of carbonyl (C=O) groups is 1. The molecule has 0 radical (unpaired) electrons. The van der Waals surface area contributed by atoms with Crippen molar-refractivity contribution in [1.82, 2.24) is 0 Å². The molecular weight excluding hydrogens is 626 g/mol. The monoisotopic (exact) mass is 689 g/mol. The van der Waals surface area contributed by atoms with Gasteiger partial charge in [-0.05, 0) is 66.7 Å². The molecule has 0 aromatic carbocycles. The van der Waals surface area contributed by atoms with E-state index in [1.807, 2.05) is 34.6 Å². The summed E-state index contributed by atoms with van der Waals surface area (Å²) in [5.74, 6) is -2.74. The molecule has 0 amide bonds. The van der Waals surface area contributed by atoms with Gasteiger partial charge in [-0.2, -0.15) is 0 Å². The van der Waals surface area contributed by atoms with Crippen LogP contribution in [-0.2, 0) is 38.0 Å². The molecule has 4 rings (SSSR count). The fourth-order valence-corrected chi connectivity index (χ4v) is 8.75. The summed E-state index contributed by atoms with van der Waals surface area (Å²) in [6.07, 6.45) is -7.92. The minimum absolute atomic E-state index is 0.0694. The third-order valence-electron chi connectivity index (χ3n) is 11.8. The summed E-state index contributed by atoms with van der Waals surface area (Å²) in [6, 6.07) is -0.565. The zero-order valence-electron chi connectivity index (χ0n) is 30.7. The third kappa shape index (κ3) is 7.62. The average Bonchev–Trinajstić information content (AvgIpc) is 3.34. The zero-order valence-corrected chi connectivity index (χ0v) is 30.7. The molecule has 0 aromatic rings. The Bertz CT molecular complexity index is 1100. The van der Waals surface area contributed by atoms with Crippen LogP contribution in [0.2, 0.25) is 0 Å². The second kappa shape index (κ2) is 14.9. The Balaban J connectivity index is 1.81. The van der Waals surface area contributed by atoms with E-state index in [0.29, 0.717) is 12.8 Å². The topological polar surface area (TPSA) is 189 Å². The highest BCUT2D eigenvalue weighted by Gasteiger charge is 2.58. The van der Waals surface area contributed by atoms with Crippen molar-refractivity contribution in [3.05, 3.63) is 0 Å². The normalized spacial score (nSPS) is 51.0. The Hall–Kier alpha value is -0.970. The lowest BCUT2D eigenvalue weighted by Crippen LogP contribution is -2.60. The maximum absolute atomic E-state index is 14.2. The van der Waals surface area contributed by atoms with Crippen molar-refractivity contribution in [3.8, 4) is 0 Å². The number of hydrogen-bond acceptors (Lipinski definition) is 13. The first-order valence-electron chi connectivity index (χ1n) is 17.8. The average molecular weight is 690 g/mol. The van der Waals surface area contributed by atoms with E-state index in [2.05, 4.69) is 0 Å². The third-order valence-corrected chi connectivity index (χ3v) is 11.8. The van der Waals surface area contributed by atoms with Crippen molar-refractivity contribution in [3.63, 3.8) is 0 Å². The van der Waals surface area contributed by atoms with Crippen LogP contribution in [0.5, 0.6) is 0 Å². The fourth-order valence-electron chi connectivity index (χ4n) is 8.75. The number of nitrogens with two attached hydrogens (primary N) is 1. The molecule has 4 aliphatic rings. The molecule has 0 saturated carbocycles. The van der Waals surface area contributed by atoms with E-state index in [9.17, 15) is 25.2 Å². The van der Waals surface area contributed by atoms with Gasteiger partial charge in [-0.25, -0.2) is 0 Å². The predicted molar refractivity (Wildman–Crippen MR) is 174 cm³/mol. The number of carbonyl (C=O) groups excluding carboxylic acids is 1. The number of rotatable bonds is 8. The van der Waals surface area contributed by atoms with E-state index in [4.69, 9.17) is 38.9 Å². The first kappa shape index (κ1) is 39.8. The van der Waals surface area contributed by atoms with Gasteiger partial charge in [0, 0.05) is 31.4 Å². The number of ether oxygens (including phenoxy) is 7. The second-order valence-corrected chi connectivity index (χ2v) is 15.9. The van der Waals surface area contributed by atoms with Crippen LogP contribution >= 0.6 is 0 Å². The second-order valence-electron chi connectivity index (χ2n) is 15.9. The lowest BCUT2D eigenvalue weighted by atomic mass is 9.76. The van der Waals surface area contributed by atoms with Crippen LogP contribution in [0.1, 0.15) is 94.9 Å². The van der Waals surface area contributed by atoms with E-state index in [0.717, 1.165) is 0 Å². The summed E-state index contributed by atoms with van der Waals surface area (Å²) in [5.41, 5.74) is 2.55. The molecule has 6 N–H and O–H groups in total. The van der Waals surface area contributed by atoms with Crippen molar-refractivity contribution in [2.24, 2.45) is 29.4 Å². The fraction of sp³-hybridized carbons (Fsp3) is 0.971. The summed E-state index contributed by atoms with van der Waals surface area (Å²) in [7, 11) is 1.52. The van der Waals surface area contributed by atoms with Crippen LogP contribution in [0.15, 0.2) is 0 Å². The van der Waals surface area contributed by atoms with Crippen molar-refractivity contribution in [1.29, 1.82) is 0 Å². The van der Waals surface area contributed by atoms with Gasteiger partial charge in [-0.15, -0.1) is 0 Å². The number of cyclic esters (lactones) is 1. The predicted octanol–water partition coefficient (Wildman–Crippen LogP) is 2.02. The van der Waals surface area contributed by atoms with Crippen LogP contribution in [0.25, 0.3) is 0 Å². The van der Waals surface area contributed by atoms with Crippen LogP contribution in [-0.4, -0.2) is 124 Å². The van der Waals surface area contributed by atoms with Gasteiger partial charge in [0.2, 0.25) is 0 Å². The van der Waals surface area contributed by atoms with Gasteiger partial charge >= 0.3 is 5.97 Å². The minimum atomic E-state index is -1.79. The van der Waals surface area contributed by atoms with Gasteiger partial charge < -0.3 is 59.3 Å². The molecule has 2 unspecified atom stereocenters. The lowest BCUT2D eigenvalue weighted by molar-refractivity contribution is -0.315. The highest BCUT2D eigenvalue weighted by Crippen LogP contribution is 2.48. The Morgan fingerprint density at radius 1 is 1.04 bits per heavy atom. The highest BCUT2D eigenvalue weighted by atomic mass is 16.7. The van der Waals surface area contributed by atoms with E-state index >= 15 is 0 Å². The largest absolute Gasteiger partial charge is 0.459 e. The molecule has 280 valence electrons. The van der Waals surface area contributed by atoms with E-state index in [1.54, 1.807) is 27.7 Å². The molecule has 19 atom stereocenters. The molecule has 2 bridgehead atoms. The van der Waals surface area contributed by atoms with Crippen LogP contribution in [0.4, 0.5) is 0 Å². The van der Waals surface area contributed by atoms with Crippen molar-refractivity contribution < 1.29 is 58.4 Å². The number of esters is 1. The molecule has 48 heavy (non-hydrogen) atoms. The van der Waals surface area contributed by atoms with Crippen molar-refractivity contribution in [2.45, 2.75) is 185 Å². The maximum Gasteiger partial charge on any atom is 0.311 e. The zero-order chi connectivity index (χ0) is 36.1. The smallest absolute Gasteiger partial charge is 0.311 e. The number of methoxy groups -OCH3 is 1. The summed E-state index contributed by atoms with van der Waals surface area (Å²) in [5, 5.41) is 44.6. The Morgan fingerprint density at radius 2 is 1.69 bits per heavy atom. The van der Waals surface area contributed by atoms with E-state index < -0.39 is 108 Å². The summed E-state index contributed by atoms with van der Waals surface area (Å²) < 4.78 is 44.5. The molecule has 4 saturated heterocycles. The Kier molecular flexibility index (Phi) is 12.4. The van der Waals surface area contributed by atoms with Crippen molar-refractivity contribution in [2.75, 3.05) is 7.11 Å². The van der Waals surface area contributed by atoms with Gasteiger partial charge in [0.05, 0.1) is 53.7 Å². The molecule has 4 heterocycles. The van der Waals surface area contributed by atoms with Gasteiger partial charge in [0.15, 0.2) is 12.6 Å². The van der Waals surface area contributed by atoms with Crippen molar-refractivity contribution >= 4 is 5.97 Å². The van der Waals surface area contributed by atoms with Crippen LogP contribution in [0.3, 0.4) is 0 Å². The van der Waals surface area contributed by atoms with Crippen LogP contribution in [0, 0.1) is 23.7 Å². The SMILES string of the molecule is CC[C@@H](O)[C@@](C)(O)[C@@H]1OC(=O)[C@H](C)[C@@H](O[C@H]2C[C@@](C)(OC)[C@@H](O)[C@H](C)O2)[C@H](C)[C@@H](O[C@@H]2O[C@H](C)C[C@H](N)[C@H]2O)[C@@]2(C)CC(C)C(O2)[C@@H]1C. The minimum Gasteiger partial charge on any atom is -0.459 e. The Labute approximate surface area is 286 Å². The van der Waals surface area contributed by atoms with Crippen LogP contribution < -0.4 is 5.73 Å². The molecule has 4 fully saturated rings. The number of aliphatic hydroxyl groups is 4. The molecule has 0 spiro atoms. The lowest BCUT2D eigenvalue weighted by Gasteiger charge is -2.48. The van der Waals surface area contributed by atoms with E-state index in [-0.39, 0.29) is 24.9 Å². The highest BCUT2D eigenvalue weighted by molar-refractivity contribution is 5.73. The van der Waals surface area contributed by atoms with Gasteiger partial charge in [-0.1, -0.05) is 27.7 Å². The molecule has 13 heteroatoms. The summed E-state index contributed by atoms with van der Waals surface area (Å²) in [6.45, 7) is 18.1. The molecule has 13 nitrogen and oxygen atoms in total. The number of hydrogen-bond donors (Lipinski definition) is 5.